The topological polar surface area (TPSA) is 106 Å². The van der Waals surface area contributed by atoms with Crippen molar-refractivity contribution in [2.24, 2.45) is 0 Å². The molecule has 0 saturated heterocycles. The quantitative estimate of drug-likeness (QED) is 0.509. The van der Waals surface area contributed by atoms with Crippen LogP contribution in [0.25, 0.3) is 0 Å². The highest BCUT2D eigenvalue weighted by Crippen LogP contribution is 2.47. The van der Waals surface area contributed by atoms with Gasteiger partial charge in [0.2, 0.25) is 0 Å². The van der Waals surface area contributed by atoms with Crippen LogP contribution in [0.5, 0.6) is 23.0 Å². The van der Waals surface area contributed by atoms with Crippen molar-refractivity contribution in [1.82, 2.24) is 4.98 Å². The second-order valence-corrected chi connectivity index (χ2v) is 6.59. The normalized spacial score (nSPS) is 15.1. The van der Waals surface area contributed by atoms with Gasteiger partial charge in [-0.25, -0.2) is 9.78 Å². The highest BCUT2D eigenvalue weighted by Gasteiger charge is 2.65. The number of fused-ring (bicyclic) bond motifs is 1. The smallest absolute Gasteiger partial charge is 0.457 e. The molecule has 4 rings (SSSR count). The number of hydrogen-bond acceptors (Lipinski definition) is 6. The molecule has 168 valence electrons. The fraction of sp³-hybridized carbons (Fsp3) is 0.0952. The molecule has 33 heavy (non-hydrogen) atoms. The number of ether oxygens (including phenoxy) is 3. The molecule has 0 radical (unpaired) electrons. The molecule has 0 fully saturated rings. The number of nitriles is 1. The summed E-state index contributed by atoms with van der Waals surface area (Å²) in [7, 11) is 0. The van der Waals surface area contributed by atoms with Crippen LogP contribution in [0.15, 0.2) is 60.8 Å². The molecule has 0 atom stereocenters. The van der Waals surface area contributed by atoms with Crippen molar-refractivity contribution in [3.63, 3.8) is 0 Å². The summed E-state index contributed by atoms with van der Waals surface area (Å²) in [4.78, 5) is 16.0. The van der Waals surface area contributed by atoms with Gasteiger partial charge in [0.15, 0.2) is 11.5 Å². The number of carbonyl (C=O) groups is 1. The third kappa shape index (κ3) is 4.72. The lowest BCUT2D eigenvalue weighted by Gasteiger charge is -2.31. The first kappa shape index (κ1) is 21.7. The molecule has 2 heterocycles. The Morgan fingerprint density at radius 2 is 1.52 bits per heavy atom. The van der Waals surface area contributed by atoms with E-state index >= 15 is 0 Å². The Kier molecular flexibility index (Phi) is 5.39. The largest absolute Gasteiger partial charge is 0.507 e. The van der Waals surface area contributed by atoms with Crippen LogP contribution in [0.3, 0.4) is 0 Å². The molecule has 2 N–H and O–H groups in total. The van der Waals surface area contributed by atoms with E-state index < -0.39 is 29.7 Å². The van der Waals surface area contributed by atoms with Crippen molar-refractivity contribution in [3.05, 3.63) is 66.5 Å². The van der Waals surface area contributed by atoms with Crippen LogP contribution in [0.4, 0.5) is 33.7 Å². The Balaban J connectivity index is 1.38. The second-order valence-electron chi connectivity index (χ2n) is 6.59. The third-order valence-electron chi connectivity index (χ3n) is 4.21. The van der Waals surface area contributed by atoms with E-state index in [0.717, 1.165) is 12.1 Å². The molecule has 12 heteroatoms. The lowest BCUT2D eigenvalue weighted by Crippen LogP contribution is -2.52. The minimum absolute atomic E-state index is 0.00167. The molecule has 8 nitrogen and oxygen atoms in total. The Hall–Kier alpha value is -4.53. The van der Waals surface area contributed by atoms with Gasteiger partial charge in [-0.15, -0.1) is 0 Å². The maximum absolute atomic E-state index is 13.3. The first-order valence-electron chi connectivity index (χ1n) is 9.15. The van der Waals surface area contributed by atoms with E-state index in [0.29, 0.717) is 17.2 Å². The fourth-order valence-electron chi connectivity index (χ4n) is 2.72. The molecule has 1 aliphatic rings. The summed E-state index contributed by atoms with van der Waals surface area (Å²) in [5.41, 5.74) is 0.567. The minimum atomic E-state index is -4.86. The number of nitrogens with zero attached hydrogens (tertiary/aromatic N) is 2. The third-order valence-corrected chi connectivity index (χ3v) is 4.21. The summed E-state index contributed by atoms with van der Waals surface area (Å²) in [6, 6.07) is 13.5. The van der Waals surface area contributed by atoms with Gasteiger partial charge in [-0.05, 0) is 42.5 Å². The van der Waals surface area contributed by atoms with Gasteiger partial charge in [-0.2, -0.15) is 22.8 Å². The van der Waals surface area contributed by atoms with E-state index in [4.69, 9.17) is 10.00 Å². The van der Waals surface area contributed by atoms with Crippen molar-refractivity contribution in [2.75, 3.05) is 10.6 Å². The van der Waals surface area contributed by atoms with E-state index in [1.165, 1.54) is 30.5 Å². The molecule has 0 aliphatic carbocycles. The SMILES string of the molecule is N#Cc1cc(Oc2ccc(NC(=O)Nc3ccc4c(c3)OC(F)(F)C(F)(F)O4)cc2)ccn1. The summed E-state index contributed by atoms with van der Waals surface area (Å²) in [6.07, 6.45) is -8.26. The zero-order valence-electron chi connectivity index (χ0n) is 16.3. The van der Waals surface area contributed by atoms with E-state index in [9.17, 15) is 22.4 Å². The summed E-state index contributed by atoms with van der Waals surface area (Å²) in [6.45, 7) is 0. The molecule has 1 aliphatic heterocycles. The Morgan fingerprint density at radius 3 is 2.21 bits per heavy atom. The van der Waals surface area contributed by atoms with Gasteiger partial charge in [0.1, 0.15) is 23.3 Å². The molecule has 3 aromatic rings. The lowest BCUT2D eigenvalue weighted by molar-refractivity contribution is -0.391. The zero-order chi connectivity index (χ0) is 23.6. The van der Waals surface area contributed by atoms with Crippen molar-refractivity contribution in [1.29, 1.82) is 5.26 Å². The number of rotatable bonds is 4. The summed E-state index contributed by atoms with van der Waals surface area (Å²) in [5, 5.41) is 13.7. The standard InChI is InChI=1S/C21H12F4N4O4/c22-20(23)21(24,25)33-18-10-13(3-6-17(18)32-20)29-19(30)28-12-1-4-15(5-2-12)31-16-7-8-27-14(9-16)11-26/h1-10H,(H2,28,29,30). The van der Waals surface area contributed by atoms with E-state index in [2.05, 4.69) is 25.1 Å². The van der Waals surface area contributed by atoms with Gasteiger partial charge < -0.3 is 24.8 Å². The number of alkyl halides is 4. The van der Waals surface area contributed by atoms with Crippen molar-refractivity contribution in [2.45, 2.75) is 12.2 Å². The maximum atomic E-state index is 13.3. The highest BCUT2D eigenvalue weighted by atomic mass is 19.3. The number of halogens is 4. The predicted molar refractivity (Wildman–Crippen MR) is 106 cm³/mol. The van der Waals surface area contributed by atoms with Crippen molar-refractivity contribution >= 4 is 17.4 Å². The van der Waals surface area contributed by atoms with Crippen LogP contribution in [0.2, 0.25) is 0 Å². The highest BCUT2D eigenvalue weighted by molar-refractivity contribution is 6.00. The van der Waals surface area contributed by atoms with Crippen LogP contribution >= 0.6 is 0 Å². The first-order chi connectivity index (χ1) is 15.6. The van der Waals surface area contributed by atoms with Gasteiger partial charge in [-0.1, -0.05) is 0 Å². The van der Waals surface area contributed by atoms with Crippen molar-refractivity contribution < 1.29 is 36.6 Å². The molecule has 0 bridgehead atoms. The molecule has 2 amide bonds. The van der Waals surface area contributed by atoms with E-state index in [-0.39, 0.29) is 11.4 Å². The van der Waals surface area contributed by atoms with E-state index in [1.807, 2.05) is 6.07 Å². The molecule has 0 saturated carbocycles. The van der Waals surface area contributed by atoms with Crippen LogP contribution in [-0.4, -0.2) is 23.2 Å². The molecule has 0 spiro atoms. The average molecular weight is 460 g/mol. The van der Waals surface area contributed by atoms with Gasteiger partial charge in [-0.3, -0.25) is 0 Å². The second kappa shape index (κ2) is 8.19. The first-order valence-corrected chi connectivity index (χ1v) is 9.15. The number of aromatic nitrogens is 1. The number of hydrogen-bond donors (Lipinski definition) is 2. The minimum Gasteiger partial charge on any atom is -0.457 e. The Bertz CT molecular complexity index is 1250. The number of benzene rings is 2. The van der Waals surface area contributed by atoms with Crippen LogP contribution in [0.1, 0.15) is 5.69 Å². The molecule has 0 unspecified atom stereocenters. The number of pyridine rings is 1. The molecular formula is C21H12F4N4O4. The average Bonchev–Trinajstić information content (AvgIpc) is 2.76. The van der Waals surface area contributed by atoms with Gasteiger partial charge in [0.25, 0.3) is 0 Å². The van der Waals surface area contributed by atoms with Crippen LogP contribution in [0, 0.1) is 11.3 Å². The number of amides is 2. The number of carbonyl (C=O) groups excluding carboxylic acids is 1. The van der Waals surface area contributed by atoms with Gasteiger partial charge in [0, 0.05) is 29.7 Å². The number of anilines is 2. The van der Waals surface area contributed by atoms with Crippen molar-refractivity contribution in [3.8, 4) is 29.1 Å². The zero-order valence-corrected chi connectivity index (χ0v) is 16.3. The fourth-order valence-corrected chi connectivity index (χ4v) is 2.72. The van der Waals surface area contributed by atoms with Gasteiger partial charge >= 0.3 is 18.2 Å². The molecule has 2 aromatic carbocycles. The van der Waals surface area contributed by atoms with Crippen LogP contribution in [-0.2, 0) is 0 Å². The number of nitrogens with one attached hydrogen (secondary N) is 2. The summed E-state index contributed by atoms with van der Waals surface area (Å²) >= 11 is 0. The molecular weight excluding hydrogens is 448 g/mol. The summed E-state index contributed by atoms with van der Waals surface area (Å²) < 4.78 is 66.7. The van der Waals surface area contributed by atoms with E-state index in [1.54, 1.807) is 18.2 Å². The number of urea groups is 1. The van der Waals surface area contributed by atoms with Crippen LogP contribution < -0.4 is 24.8 Å². The maximum Gasteiger partial charge on any atom is 0.507 e. The summed E-state index contributed by atoms with van der Waals surface area (Å²) in [5.74, 6) is -0.410. The Labute approximate surface area is 183 Å². The monoisotopic (exact) mass is 460 g/mol. The predicted octanol–water partition coefficient (Wildman–Crippen LogP) is 5.35. The Morgan fingerprint density at radius 1 is 0.879 bits per heavy atom. The molecule has 1 aromatic heterocycles. The van der Waals surface area contributed by atoms with Gasteiger partial charge in [0.05, 0.1) is 0 Å². The lowest BCUT2D eigenvalue weighted by atomic mass is 10.2.